The first kappa shape index (κ1) is 19.0. The maximum absolute atomic E-state index is 13.2. The van der Waals surface area contributed by atoms with E-state index in [1.807, 2.05) is 48.5 Å². The smallest absolute Gasteiger partial charge is 0.249 e. The lowest BCUT2D eigenvalue weighted by Crippen LogP contribution is -2.28. The van der Waals surface area contributed by atoms with Gasteiger partial charge in [-0.25, -0.2) is 4.68 Å². The van der Waals surface area contributed by atoms with Crippen molar-refractivity contribution in [1.29, 1.82) is 0 Å². The number of amides is 1. The molecular weight excluding hydrogens is 388 g/mol. The van der Waals surface area contributed by atoms with Gasteiger partial charge in [-0.15, -0.1) is 5.10 Å². The van der Waals surface area contributed by atoms with Gasteiger partial charge < -0.3 is 9.88 Å². The number of anilines is 1. The molecule has 0 bridgehead atoms. The molecule has 31 heavy (non-hydrogen) atoms. The maximum Gasteiger partial charge on any atom is 0.249 e. The molecule has 1 atom stereocenters. The summed E-state index contributed by atoms with van der Waals surface area (Å²) in [7, 11) is 0. The van der Waals surface area contributed by atoms with Gasteiger partial charge in [0.05, 0.1) is 0 Å². The van der Waals surface area contributed by atoms with Gasteiger partial charge in [-0.05, 0) is 47.2 Å². The predicted octanol–water partition coefficient (Wildman–Crippen LogP) is 4.22. The molecule has 0 aliphatic heterocycles. The molecule has 0 saturated carbocycles. The summed E-state index contributed by atoms with van der Waals surface area (Å²) in [4.78, 5) is 13.2. The van der Waals surface area contributed by atoms with Crippen LogP contribution in [0.4, 0.5) is 5.69 Å². The highest BCUT2D eigenvalue weighted by molar-refractivity contribution is 6.10. The zero-order valence-electron chi connectivity index (χ0n) is 17.1. The summed E-state index contributed by atoms with van der Waals surface area (Å²) in [5, 5.41) is 16.8. The molecule has 2 aromatic heterocycles. The normalized spacial score (nSPS) is 12.3. The van der Waals surface area contributed by atoms with Crippen LogP contribution in [0.25, 0.3) is 21.8 Å². The molecule has 0 aliphatic carbocycles. The molecule has 2 heterocycles. The second-order valence-electron chi connectivity index (χ2n) is 7.48. The largest absolute Gasteiger partial charge is 0.341 e. The fourth-order valence-corrected chi connectivity index (χ4v) is 4.15. The molecule has 0 fully saturated rings. The lowest BCUT2D eigenvalue weighted by Gasteiger charge is -2.16. The minimum Gasteiger partial charge on any atom is -0.341 e. The number of carbonyl (C=O) groups excluding carboxylic acids is 1. The number of aromatic nitrogens is 5. The molecule has 0 saturated heterocycles. The van der Waals surface area contributed by atoms with E-state index in [4.69, 9.17) is 0 Å². The Kier molecular flexibility index (Phi) is 4.92. The Bertz CT molecular complexity index is 1340. The summed E-state index contributed by atoms with van der Waals surface area (Å²) in [5.74, 6) is -0.158. The Hall–Kier alpha value is -4.00. The van der Waals surface area contributed by atoms with E-state index in [0.29, 0.717) is 6.42 Å². The summed E-state index contributed by atoms with van der Waals surface area (Å²) < 4.78 is 3.79. The minimum atomic E-state index is -0.551. The van der Waals surface area contributed by atoms with Crippen LogP contribution in [-0.2, 0) is 17.8 Å². The van der Waals surface area contributed by atoms with Gasteiger partial charge in [0, 0.05) is 40.5 Å². The average Bonchev–Trinajstić information content (AvgIpc) is 3.44. The molecule has 5 aromatic rings. The van der Waals surface area contributed by atoms with E-state index in [9.17, 15) is 4.79 Å². The third-order valence-corrected chi connectivity index (χ3v) is 5.61. The summed E-state index contributed by atoms with van der Waals surface area (Å²) in [6.07, 6.45) is 1.97. The van der Waals surface area contributed by atoms with Crippen LogP contribution in [0, 0.1) is 0 Å². The SMILES string of the molecule is CCn1c2ccccc2c2cc(NC(=O)C(Cc3ccccc3)n3cnnn3)ccc21. The first-order valence-electron chi connectivity index (χ1n) is 10.3. The number of tetrazole rings is 1. The first-order valence-corrected chi connectivity index (χ1v) is 10.3. The van der Waals surface area contributed by atoms with E-state index in [2.05, 4.69) is 56.6 Å². The van der Waals surface area contributed by atoms with Crippen molar-refractivity contribution in [2.75, 3.05) is 5.32 Å². The topological polar surface area (TPSA) is 77.6 Å². The highest BCUT2D eigenvalue weighted by Gasteiger charge is 2.23. The molecule has 3 aromatic carbocycles. The zero-order valence-corrected chi connectivity index (χ0v) is 17.1. The van der Waals surface area contributed by atoms with Gasteiger partial charge in [0.15, 0.2) is 0 Å². The standard InChI is InChI=1S/C24H22N6O/c1-2-29-21-11-7-6-10-19(21)20-15-18(12-13-22(20)29)26-24(31)23(30-16-25-27-28-30)14-17-8-4-3-5-9-17/h3-13,15-16,23H,2,14H2,1H3,(H,26,31). The van der Waals surface area contributed by atoms with E-state index in [1.54, 1.807) is 0 Å². The Morgan fingerprint density at radius 3 is 2.52 bits per heavy atom. The third kappa shape index (κ3) is 3.54. The van der Waals surface area contributed by atoms with Crippen LogP contribution in [0.5, 0.6) is 0 Å². The van der Waals surface area contributed by atoms with Crippen LogP contribution in [0.1, 0.15) is 18.5 Å². The summed E-state index contributed by atoms with van der Waals surface area (Å²) in [5.41, 5.74) is 4.14. The summed E-state index contributed by atoms with van der Waals surface area (Å²) in [6.45, 7) is 3.02. The Labute approximate surface area is 179 Å². The van der Waals surface area contributed by atoms with Crippen molar-refractivity contribution in [3.63, 3.8) is 0 Å². The van der Waals surface area contributed by atoms with Crippen LogP contribution in [0.2, 0.25) is 0 Å². The minimum absolute atomic E-state index is 0.158. The molecule has 1 amide bonds. The lowest BCUT2D eigenvalue weighted by molar-refractivity contribution is -0.119. The van der Waals surface area contributed by atoms with E-state index < -0.39 is 6.04 Å². The number of nitrogens with one attached hydrogen (secondary N) is 1. The highest BCUT2D eigenvalue weighted by Crippen LogP contribution is 2.31. The number of rotatable bonds is 6. The van der Waals surface area contributed by atoms with Gasteiger partial charge in [0.2, 0.25) is 5.91 Å². The predicted molar refractivity (Wildman–Crippen MR) is 121 cm³/mol. The maximum atomic E-state index is 13.2. The van der Waals surface area contributed by atoms with E-state index >= 15 is 0 Å². The van der Waals surface area contributed by atoms with E-state index in [1.165, 1.54) is 21.9 Å². The zero-order chi connectivity index (χ0) is 21.2. The molecule has 0 aliphatic rings. The second-order valence-corrected chi connectivity index (χ2v) is 7.48. The number of hydrogen-bond donors (Lipinski definition) is 1. The van der Waals surface area contributed by atoms with E-state index in [0.717, 1.165) is 28.7 Å². The average molecular weight is 410 g/mol. The third-order valence-electron chi connectivity index (χ3n) is 5.61. The van der Waals surface area contributed by atoms with Gasteiger partial charge >= 0.3 is 0 Å². The van der Waals surface area contributed by atoms with Crippen molar-refractivity contribution in [3.05, 3.63) is 84.7 Å². The van der Waals surface area contributed by atoms with Crippen molar-refractivity contribution in [1.82, 2.24) is 24.8 Å². The van der Waals surface area contributed by atoms with Gasteiger partial charge in [0.25, 0.3) is 0 Å². The van der Waals surface area contributed by atoms with Crippen LogP contribution in [-0.4, -0.2) is 30.7 Å². The first-order chi connectivity index (χ1) is 15.2. The molecule has 0 spiro atoms. The Morgan fingerprint density at radius 2 is 1.74 bits per heavy atom. The Balaban J connectivity index is 1.48. The van der Waals surface area contributed by atoms with Crippen molar-refractivity contribution < 1.29 is 4.79 Å². The van der Waals surface area contributed by atoms with Crippen LogP contribution in [0.3, 0.4) is 0 Å². The fraction of sp³-hybridized carbons (Fsp3) is 0.167. The number of carbonyl (C=O) groups is 1. The van der Waals surface area contributed by atoms with Crippen molar-refractivity contribution in [3.8, 4) is 0 Å². The van der Waals surface area contributed by atoms with E-state index in [-0.39, 0.29) is 5.91 Å². The highest BCUT2D eigenvalue weighted by atomic mass is 16.2. The number of benzene rings is 3. The van der Waals surface area contributed by atoms with Crippen LogP contribution < -0.4 is 5.32 Å². The summed E-state index contributed by atoms with van der Waals surface area (Å²) >= 11 is 0. The van der Waals surface area contributed by atoms with Gasteiger partial charge in [-0.1, -0.05) is 48.5 Å². The molecule has 7 heteroatoms. The fourth-order valence-electron chi connectivity index (χ4n) is 4.15. The number of nitrogens with zero attached hydrogens (tertiary/aromatic N) is 5. The Morgan fingerprint density at radius 1 is 0.968 bits per heavy atom. The van der Waals surface area contributed by atoms with Crippen molar-refractivity contribution in [2.45, 2.75) is 25.9 Å². The van der Waals surface area contributed by atoms with Crippen LogP contribution in [0.15, 0.2) is 79.1 Å². The molecule has 7 nitrogen and oxygen atoms in total. The molecule has 1 unspecified atom stereocenters. The number of aryl methyl sites for hydroxylation is 1. The van der Waals surface area contributed by atoms with Crippen LogP contribution >= 0.6 is 0 Å². The van der Waals surface area contributed by atoms with Crippen molar-refractivity contribution in [2.24, 2.45) is 0 Å². The molecule has 1 N–H and O–H groups in total. The van der Waals surface area contributed by atoms with Gasteiger partial charge in [0.1, 0.15) is 12.4 Å². The summed E-state index contributed by atoms with van der Waals surface area (Å²) in [6, 6.07) is 23.7. The number of hydrogen-bond acceptors (Lipinski definition) is 4. The van der Waals surface area contributed by atoms with Gasteiger partial charge in [-0.2, -0.15) is 0 Å². The lowest BCUT2D eigenvalue weighted by atomic mass is 10.1. The monoisotopic (exact) mass is 410 g/mol. The quantitative estimate of drug-likeness (QED) is 0.455. The second kappa shape index (κ2) is 8.02. The van der Waals surface area contributed by atoms with Crippen molar-refractivity contribution >= 4 is 33.4 Å². The molecule has 0 radical (unpaired) electrons. The molecular formula is C24H22N6O. The number of fused-ring (bicyclic) bond motifs is 3. The molecule has 5 rings (SSSR count). The number of para-hydroxylation sites is 1. The molecule has 154 valence electrons. The van der Waals surface area contributed by atoms with Gasteiger partial charge in [-0.3, -0.25) is 4.79 Å².